The summed E-state index contributed by atoms with van der Waals surface area (Å²) in [6.45, 7) is 8.03. The van der Waals surface area contributed by atoms with Gasteiger partial charge in [0, 0.05) is 30.2 Å². The van der Waals surface area contributed by atoms with Crippen LogP contribution in [0.2, 0.25) is 0 Å². The lowest BCUT2D eigenvalue weighted by atomic mass is 9.58. The Morgan fingerprint density at radius 2 is 2.00 bits per heavy atom. The normalized spacial score (nSPS) is 23.2. The van der Waals surface area contributed by atoms with Crippen molar-refractivity contribution in [3.05, 3.63) is 35.6 Å². The van der Waals surface area contributed by atoms with Crippen LogP contribution in [0, 0.1) is 11.2 Å². The van der Waals surface area contributed by atoms with Gasteiger partial charge in [0.15, 0.2) is 0 Å². The molecule has 1 saturated carbocycles. The van der Waals surface area contributed by atoms with E-state index in [0.717, 1.165) is 25.9 Å². The Kier molecular flexibility index (Phi) is 7.81. The molecule has 2 N–H and O–H groups in total. The summed E-state index contributed by atoms with van der Waals surface area (Å²) in [4.78, 5) is 0. The van der Waals surface area contributed by atoms with Crippen molar-refractivity contribution in [2.24, 2.45) is 5.41 Å². The number of hydrogen-bond donors (Lipinski definition) is 2. The molecule has 0 aliphatic heterocycles. The van der Waals surface area contributed by atoms with Gasteiger partial charge in [-0.3, -0.25) is 0 Å². The molecule has 5 heteroatoms. The maximum Gasteiger partial charge on any atom is 0.128 e. The van der Waals surface area contributed by atoms with Crippen molar-refractivity contribution in [1.29, 1.82) is 0 Å². The molecule has 142 valence electrons. The third-order valence-corrected chi connectivity index (χ3v) is 5.59. The Morgan fingerprint density at radius 3 is 2.64 bits per heavy atom. The largest absolute Gasteiger partial charge is 0.389 e. The molecule has 0 saturated heterocycles. The van der Waals surface area contributed by atoms with Gasteiger partial charge in [0.1, 0.15) is 5.82 Å². The third kappa shape index (κ3) is 4.79. The van der Waals surface area contributed by atoms with Crippen molar-refractivity contribution >= 4 is 0 Å². The summed E-state index contributed by atoms with van der Waals surface area (Å²) in [5, 5.41) is 13.6. The lowest BCUT2D eigenvalue weighted by molar-refractivity contribution is -0.139. The van der Waals surface area contributed by atoms with Crippen LogP contribution >= 0.6 is 0 Å². The van der Waals surface area contributed by atoms with Crippen LogP contribution < -0.4 is 5.32 Å². The predicted molar refractivity (Wildman–Crippen MR) is 96.9 cm³/mol. The SMILES string of the molecule is CCO[C@@H]1C[C@@H](NC[C@@H](O)COCc2ccccc2F)C1(CC)CC. The van der Waals surface area contributed by atoms with Crippen molar-refractivity contribution < 1.29 is 19.0 Å². The van der Waals surface area contributed by atoms with Crippen LogP contribution in [-0.2, 0) is 16.1 Å². The minimum atomic E-state index is -0.607. The zero-order valence-electron chi connectivity index (χ0n) is 15.6. The molecule has 0 amide bonds. The van der Waals surface area contributed by atoms with E-state index in [1.54, 1.807) is 18.2 Å². The monoisotopic (exact) mass is 353 g/mol. The van der Waals surface area contributed by atoms with E-state index in [9.17, 15) is 9.50 Å². The molecular formula is C20H32FNO3. The number of benzene rings is 1. The molecule has 1 aliphatic rings. The molecule has 0 bridgehead atoms. The quantitative estimate of drug-likeness (QED) is 0.641. The fourth-order valence-electron chi connectivity index (χ4n) is 3.92. The molecule has 0 spiro atoms. The zero-order valence-corrected chi connectivity index (χ0v) is 15.6. The smallest absolute Gasteiger partial charge is 0.128 e. The van der Waals surface area contributed by atoms with Gasteiger partial charge in [-0.15, -0.1) is 0 Å². The van der Waals surface area contributed by atoms with E-state index in [0.29, 0.717) is 24.3 Å². The van der Waals surface area contributed by atoms with E-state index >= 15 is 0 Å². The first-order valence-corrected chi connectivity index (χ1v) is 9.41. The van der Waals surface area contributed by atoms with E-state index in [-0.39, 0.29) is 24.4 Å². The summed E-state index contributed by atoms with van der Waals surface area (Å²) in [6, 6.07) is 6.90. The molecule has 25 heavy (non-hydrogen) atoms. The summed E-state index contributed by atoms with van der Waals surface area (Å²) in [5.74, 6) is -0.276. The maximum atomic E-state index is 13.5. The second-order valence-corrected chi connectivity index (χ2v) is 6.84. The molecule has 0 unspecified atom stereocenters. The Hall–Kier alpha value is -1.01. The first kappa shape index (κ1) is 20.3. The van der Waals surface area contributed by atoms with E-state index < -0.39 is 6.10 Å². The Morgan fingerprint density at radius 1 is 1.28 bits per heavy atom. The Balaban J connectivity index is 1.73. The third-order valence-electron chi connectivity index (χ3n) is 5.59. The second kappa shape index (κ2) is 9.62. The van der Waals surface area contributed by atoms with Gasteiger partial charge in [-0.1, -0.05) is 32.0 Å². The average molecular weight is 353 g/mol. The number of hydrogen-bond acceptors (Lipinski definition) is 4. The van der Waals surface area contributed by atoms with Crippen molar-refractivity contribution in [2.75, 3.05) is 19.8 Å². The molecular weight excluding hydrogens is 321 g/mol. The number of ether oxygens (including phenoxy) is 2. The first-order valence-electron chi connectivity index (χ1n) is 9.41. The molecule has 1 aliphatic carbocycles. The summed E-state index contributed by atoms with van der Waals surface area (Å²) < 4.78 is 24.8. The van der Waals surface area contributed by atoms with Crippen molar-refractivity contribution in [2.45, 2.75) is 64.9 Å². The second-order valence-electron chi connectivity index (χ2n) is 6.84. The van der Waals surface area contributed by atoms with Gasteiger partial charge in [-0.25, -0.2) is 4.39 Å². The summed E-state index contributed by atoms with van der Waals surface area (Å²) in [5.41, 5.74) is 0.668. The Bertz CT molecular complexity index is 521. The molecule has 1 aromatic rings. The van der Waals surface area contributed by atoms with Gasteiger partial charge in [0.05, 0.1) is 25.4 Å². The first-order chi connectivity index (χ1) is 12.1. The minimum absolute atomic E-state index is 0.157. The summed E-state index contributed by atoms with van der Waals surface area (Å²) in [7, 11) is 0. The van der Waals surface area contributed by atoms with E-state index in [1.807, 2.05) is 6.92 Å². The van der Waals surface area contributed by atoms with Crippen LogP contribution in [0.5, 0.6) is 0 Å². The van der Waals surface area contributed by atoms with Crippen LogP contribution in [-0.4, -0.2) is 43.1 Å². The molecule has 0 aromatic heterocycles. The van der Waals surface area contributed by atoms with Gasteiger partial charge < -0.3 is 19.9 Å². The van der Waals surface area contributed by atoms with Crippen LogP contribution in [0.15, 0.2) is 24.3 Å². The van der Waals surface area contributed by atoms with E-state index in [2.05, 4.69) is 19.2 Å². The van der Waals surface area contributed by atoms with Gasteiger partial charge in [0.2, 0.25) is 0 Å². The Labute approximate surface area is 150 Å². The number of halogens is 1. The van der Waals surface area contributed by atoms with Crippen LogP contribution in [0.3, 0.4) is 0 Å². The number of nitrogens with one attached hydrogen (secondary N) is 1. The molecule has 1 aromatic carbocycles. The fourth-order valence-corrected chi connectivity index (χ4v) is 3.92. The van der Waals surface area contributed by atoms with E-state index in [4.69, 9.17) is 9.47 Å². The van der Waals surface area contributed by atoms with E-state index in [1.165, 1.54) is 6.07 Å². The maximum absolute atomic E-state index is 13.5. The lowest BCUT2D eigenvalue weighted by Gasteiger charge is -2.55. The molecule has 1 fully saturated rings. The van der Waals surface area contributed by atoms with Gasteiger partial charge in [-0.05, 0) is 32.3 Å². The highest BCUT2D eigenvalue weighted by Gasteiger charge is 2.52. The summed E-state index contributed by atoms with van der Waals surface area (Å²) >= 11 is 0. The highest BCUT2D eigenvalue weighted by molar-refractivity contribution is 5.16. The van der Waals surface area contributed by atoms with Gasteiger partial charge in [-0.2, -0.15) is 0 Å². The summed E-state index contributed by atoms with van der Waals surface area (Å²) in [6.07, 6.45) is 2.80. The topological polar surface area (TPSA) is 50.7 Å². The highest BCUT2D eigenvalue weighted by atomic mass is 19.1. The lowest BCUT2D eigenvalue weighted by Crippen LogP contribution is -2.64. The van der Waals surface area contributed by atoms with Crippen LogP contribution in [0.25, 0.3) is 0 Å². The average Bonchev–Trinajstić information content (AvgIpc) is 2.60. The van der Waals surface area contributed by atoms with Crippen molar-refractivity contribution in [3.63, 3.8) is 0 Å². The number of aliphatic hydroxyl groups excluding tert-OH is 1. The fraction of sp³-hybridized carbons (Fsp3) is 0.700. The molecule has 2 rings (SSSR count). The number of rotatable bonds is 11. The van der Waals surface area contributed by atoms with Gasteiger partial charge in [0.25, 0.3) is 0 Å². The number of aliphatic hydroxyl groups is 1. The van der Waals surface area contributed by atoms with Crippen LogP contribution in [0.1, 0.15) is 45.6 Å². The molecule has 0 heterocycles. The minimum Gasteiger partial charge on any atom is -0.389 e. The molecule has 4 nitrogen and oxygen atoms in total. The van der Waals surface area contributed by atoms with Crippen molar-refractivity contribution in [3.8, 4) is 0 Å². The predicted octanol–water partition coefficient (Wildman–Crippen LogP) is 3.28. The zero-order chi connectivity index (χ0) is 18.3. The highest BCUT2D eigenvalue weighted by Crippen LogP contribution is 2.48. The standard InChI is InChI=1S/C20H32FNO3/c1-4-20(5-2)18(11-19(20)25-6-3)22-12-16(23)14-24-13-15-9-7-8-10-17(15)21/h7-10,16,18-19,22-23H,4-6,11-14H2,1-3H3/t16-,18-,19-/m1/s1. The van der Waals surface area contributed by atoms with Crippen LogP contribution in [0.4, 0.5) is 4.39 Å². The molecule has 3 atom stereocenters. The van der Waals surface area contributed by atoms with Crippen molar-refractivity contribution in [1.82, 2.24) is 5.32 Å². The van der Waals surface area contributed by atoms with Gasteiger partial charge >= 0.3 is 0 Å². The molecule has 0 radical (unpaired) electrons.